The Morgan fingerprint density at radius 1 is 1.32 bits per heavy atom. The van der Waals surface area contributed by atoms with Crippen LogP contribution >= 0.6 is 0 Å². The molecular formula is C16H22FN3O2. The number of benzene rings is 1. The number of carbonyl (C=O) groups is 1. The lowest BCUT2D eigenvalue weighted by Crippen LogP contribution is -2.37. The third-order valence-corrected chi connectivity index (χ3v) is 3.32. The monoisotopic (exact) mass is 307 g/mol. The molecule has 0 saturated heterocycles. The van der Waals surface area contributed by atoms with Crippen LogP contribution in [0.1, 0.15) is 39.2 Å². The Labute approximate surface area is 129 Å². The first kappa shape index (κ1) is 16.1. The van der Waals surface area contributed by atoms with Crippen LogP contribution in [-0.2, 0) is 4.74 Å². The zero-order valence-electron chi connectivity index (χ0n) is 13.1. The molecule has 0 atom stereocenters. The van der Waals surface area contributed by atoms with Gasteiger partial charge in [0.1, 0.15) is 5.60 Å². The number of hydrogen-bond donors (Lipinski definition) is 2. The number of halogens is 1. The fourth-order valence-corrected chi connectivity index (χ4v) is 2.29. The minimum Gasteiger partial charge on any atom is -0.443 e. The van der Waals surface area contributed by atoms with Gasteiger partial charge in [-0.2, -0.15) is 0 Å². The molecular weight excluding hydrogens is 285 g/mol. The van der Waals surface area contributed by atoms with E-state index in [-0.39, 0.29) is 16.9 Å². The smallest absolute Gasteiger partial charge is 0.414 e. The van der Waals surface area contributed by atoms with E-state index in [1.54, 1.807) is 20.8 Å². The zero-order chi connectivity index (χ0) is 16.5. The number of ether oxygens (including phenoxy) is 1. The van der Waals surface area contributed by atoms with Crippen molar-refractivity contribution in [1.29, 1.82) is 0 Å². The second kappa shape index (κ2) is 5.87. The van der Waals surface area contributed by atoms with E-state index in [9.17, 15) is 9.18 Å². The normalized spacial score (nSPS) is 15.5. The number of rotatable bonds is 1. The molecule has 22 heavy (non-hydrogen) atoms. The van der Waals surface area contributed by atoms with Gasteiger partial charge in [-0.05, 0) is 45.7 Å². The zero-order valence-corrected chi connectivity index (χ0v) is 13.1. The Hall–Kier alpha value is -2.24. The van der Waals surface area contributed by atoms with Gasteiger partial charge in [0.25, 0.3) is 0 Å². The van der Waals surface area contributed by atoms with Gasteiger partial charge < -0.3 is 16.2 Å². The van der Waals surface area contributed by atoms with E-state index >= 15 is 0 Å². The first-order valence-corrected chi connectivity index (χ1v) is 7.25. The van der Waals surface area contributed by atoms with Gasteiger partial charge in [0.05, 0.1) is 17.1 Å². The summed E-state index contributed by atoms with van der Waals surface area (Å²) in [5, 5.41) is 0. The first-order valence-electron chi connectivity index (χ1n) is 7.25. The molecule has 1 amide bonds. The number of hydrogen-bond acceptors (Lipinski definition) is 4. The SMILES string of the molecule is CC(C)(C)OC(=O)N1CCCC=C1c1ccc(N)c(N)c1F. The average molecular weight is 307 g/mol. The molecule has 1 aromatic rings. The van der Waals surface area contributed by atoms with Gasteiger partial charge in [0, 0.05) is 12.1 Å². The lowest BCUT2D eigenvalue weighted by molar-refractivity contribution is 0.0346. The number of nitrogens with zero attached hydrogens (tertiary/aromatic N) is 1. The summed E-state index contributed by atoms with van der Waals surface area (Å²) in [5.41, 5.74) is 11.5. The summed E-state index contributed by atoms with van der Waals surface area (Å²) in [5.74, 6) is -0.610. The van der Waals surface area contributed by atoms with Crippen molar-refractivity contribution in [2.24, 2.45) is 0 Å². The van der Waals surface area contributed by atoms with Crippen molar-refractivity contribution in [3.8, 4) is 0 Å². The molecule has 120 valence electrons. The highest BCUT2D eigenvalue weighted by atomic mass is 19.1. The fraction of sp³-hybridized carbons (Fsp3) is 0.438. The summed E-state index contributed by atoms with van der Waals surface area (Å²) in [7, 11) is 0. The maximum atomic E-state index is 14.4. The number of nitrogens with two attached hydrogens (primary N) is 2. The fourth-order valence-electron chi connectivity index (χ4n) is 2.29. The lowest BCUT2D eigenvalue weighted by atomic mass is 10.0. The third-order valence-electron chi connectivity index (χ3n) is 3.32. The summed E-state index contributed by atoms with van der Waals surface area (Å²) in [4.78, 5) is 13.8. The predicted molar refractivity (Wildman–Crippen MR) is 85.4 cm³/mol. The second-order valence-electron chi connectivity index (χ2n) is 6.29. The summed E-state index contributed by atoms with van der Waals surface area (Å²) in [6, 6.07) is 3.08. The maximum Gasteiger partial charge on any atom is 0.414 e. The summed E-state index contributed by atoms with van der Waals surface area (Å²) >= 11 is 0. The standard InChI is InChI=1S/C16H22FN3O2/c1-16(2,3)22-15(21)20-9-5-4-6-12(20)10-7-8-11(18)14(19)13(10)17/h6-8H,4-5,9,18-19H2,1-3H3. The van der Waals surface area contributed by atoms with Gasteiger partial charge >= 0.3 is 6.09 Å². The topological polar surface area (TPSA) is 81.6 Å². The molecule has 0 radical (unpaired) electrons. The molecule has 5 nitrogen and oxygen atoms in total. The van der Waals surface area contributed by atoms with Gasteiger partial charge in [-0.3, -0.25) is 4.90 Å². The highest BCUT2D eigenvalue weighted by molar-refractivity contribution is 5.84. The molecule has 4 N–H and O–H groups in total. The van der Waals surface area contributed by atoms with E-state index in [4.69, 9.17) is 16.2 Å². The second-order valence-corrected chi connectivity index (χ2v) is 6.29. The summed E-state index contributed by atoms with van der Waals surface area (Å²) in [6.07, 6.45) is 2.89. The first-order chi connectivity index (χ1) is 10.2. The Morgan fingerprint density at radius 3 is 2.64 bits per heavy atom. The highest BCUT2D eigenvalue weighted by Crippen LogP contribution is 2.32. The van der Waals surface area contributed by atoms with Gasteiger partial charge in [0.15, 0.2) is 5.82 Å². The lowest BCUT2D eigenvalue weighted by Gasteiger charge is -2.31. The predicted octanol–water partition coefficient (Wildman–Crippen LogP) is 3.36. The van der Waals surface area contributed by atoms with Crippen LogP contribution in [0.2, 0.25) is 0 Å². The van der Waals surface area contributed by atoms with Crippen LogP contribution in [0.4, 0.5) is 20.6 Å². The molecule has 0 spiro atoms. The molecule has 1 aromatic carbocycles. The van der Waals surface area contributed by atoms with E-state index < -0.39 is 17.5 Å². The molecule has 0 aromatic heterocycles. The number of allylic oxidation sites excluding steroid dienone is 1. The van der Waals surface area contributed by atoms with Crippen LogP contribution in [0.15, 0.2) is 18.2 Å². The van der Waals surface area contributed by atoms with Gasteiger partial charge in [-0.25, -0.2) is 9.18 Å². The van der Waals surface area contributed by atoms with E-state index in [2.05, 4.69) is 0 Å². The average Bonchev–Trinajstić information content (AvgIpc) is 2.43. The molecule has 6 heteroatoms. The van der Waals surface area contributed by atoms with E-state index in [0.717, 1.165) is 12.8 Å². The largest absolute Gasteiger partial charge is 0.443 e. The Bertz CT molecular complexity index is 621. The number of nitrogen functional groups attached to an aromatic ring is 2. The summed E-state index contributed by atoms with van der Waals surface area (Å²) < 4.78 is 19.8. The molecule has 0 unspecified atom stereocenters. The van der Waals surface area contributed by atoms with Crippen molar-refractivity contribution in [1.82, 2.24) is 4.90 Å². The third kappa shape index (κ3) is 3.32. The van der Waals surface area contributed by atoms with Crippen LogP contribution in [0.25, 0.3) is 5.70 Å². The number of anilines is 2. The highest BCUT2D eigenvalue weighted by Gasteiger charge is 2.28. The van der Waals surface area contributed by atoms with Crippen molar-refractivity contribution >= 4 is 23.2 Å². The number of carbonyl (C=O) groups excluding carboxylic acids is 1. The van der Waals surface area contributed by atoms with Crippen LogP contribution in [0.3, 0.4) is 0 Å². The maximum absolute atomic E-state index is 14.4. The molecule has 0 aliphatic carbocycles. The molecule has 1 aliphatic heterocycles. The van der Waals surface area contributed by atoms with Crippen molar-refractivity contribution in [2.75, 3.05) is 18.0 Å². The van der Waals surface area contributed by atoms with E-state index in [0.29, 0.717) is 12.2 Å². The van der Waals surface area contributed by atoms with Crippen molar-refractivity contribution in [3.63, 3.8) is 0 Å². The van der Waals surface area contributed by atoms with Crippen LogP contribution < -0.4 is 11.5 Å². The van der Waals surface area contributed by atoms with Crippen molar-refractivity contribution < 1.29 is 13.9 Å². The molecule has 1 heterocycles. The van der Waals surface area contributed by atoms with Gasteiger partial charge in [-0.15, -0.1) is 0 Å². The van der Waals surface area contributed by atoms with E-state index in [1.807, 2.05) is 6.08 Å². The minimum absolute atomic E-state index is 0.104. The summed E-state index contributed by atoms with van der Waals surface area (Å²) in [6.45, 7) is 5.85. The Balaban J connectivity index is 2.38. The van der Waals surface area contributed by atoms with Gasteiger partial charge in [0.2, 0.25) is 0 Å². The Kier molecular flexibility index (Phi) is 4.30. The molecule has 2 rings (SSSR count). The quantitative estimate of drug-likeness (QED) is 0.779. The van der Waals surface area contributed by atoms with Crippen LogP contribution in [0.5, 0.6) is 0 Å². The van der Waals surface area contributed by atoms with Crippen LogP contribution in [0, 0.1) is 5.82 Å². The van der Waals surface area contributed by atoms with Crippen molar-refractivity contribution in [3.05, 3.63) is 29.6 Å². The van der Waals surface area contributed by atoms with Crippen LogP contribution in [-0.4, -0.2) is 23.1 Å². The number of amides is 1. The Morgan fingerprint density at radius 2 is 2.00 bits per heavy atom. The molecule has 0 saturated carbocycles. The molecule has 0 bridgehead atoms. The minimum atomic E-state index is -0.613. The molecule has 1 aliphatic rings. The van der Waals surface area contributed by atoms with Crippen molar-refractivity contribution in [2.45, 2.75) is 39.2 Å². The molecule has 0 fully saturated rings. The van der Waals surface area contributed by atoms with Gasteiger partial charge in [-0.1, -0.05) is 6.08 Å². The van der Waals surface area contributed by atoms with E-state index in [1.165, 1.54) is 17.0 Å².